The minimum atomic E-state index is -0.258. The highest BCUT2D eigenvalue weighted by atomic mass is 16.5. The first-order valence-electron chi connectivity index (χ1n) is 9.26. The van der Waals surface area contributed by atoms with Crippen LogP contribution in [0.3, 0.4) is 0 Å². The Morgan fingerprint density at radius 2 is 1.93 bits per heavy atom. The number of hydrogen-bond donors (Lipinski definition) is 0. The number of allylic oxidation sites excluding steroid dienone is 1. The summed E-state index contributed by atoms with van der Waals surface area (Å²) in [7, 11) is 1.97. The van der Waals surface area contributed by atoms with E-state index in [0.717, 1.165) is 11.4 Å². The van der Waals surface area contributed by atoms with Crippen LogP contribution in [0, 0.1) is 11.3 Å². The fourth-order valence-corrected chi connectivity index (χ4v) is 3.57. The van der Waals surface area contributed by atoms with Crippen molar-refractivity contribution in [1.82, 2.24) is 0 Å². The number of anilines is 1. The van der Waals surface area contributed by atoms with Crippen molar-refractivity contribution in [3.05, 3.63) is 65.4 Å². The Labute approximate surface area is 165 Å². The van der Waals surface area contributed by atoms with Crippen LogP contribution in [-0.4, -0.2) is 26.0 Å². The standard InChI is InChI=1S/C23H24N2O3/c1-5-27-21-12-16(14-24)10-11-20(21)28-15-17(26)13-22-23(2,3)18-8-6-7-9-19(18)25(22)4/h6-13H,5,15H2,1-4H3/b22-13+. The summed E-state index contributed by atoms with van der Waals surface area (Å²) >= 11 is 0. The van der Waals surface area contributed by atoms with Crippen LogP contribution < -0.4 is 14.4 Å². The molecule has 0 unspecified atom stereocenters. The second-order valence-electron chi connectivity index (χ2n) is 7.19. The van der Waals surface area contributed by atoms with Crippen LogP contribution in [0.25, 0.3) is 0 Å². The zero-order valence-electron chi connectivity index (χ0n) is 16.7. The monoisotopic (exact) mass is 376 g/mol. The molecule has 0 bridgehead atoms. The molecule has 0 radical (unpaired) electrons. The van der Waals surface area contributed by atoms with Gasteiger partial charge in [-0.2, -0.15) is 5.26 Å². The van der Waals surface area contributed by atoms with Gasteiger partial charge in [0.25, 0.3) is 0 Å². The zero-order chi connectivity index (χ0) is 20.3. The number of carbonyl (C=O) groups is 1. The number of ether oxygens (including phenoxy) is 2. The number of nitrogens with zero attached hydrogens (tertiary/aromatic N) is 2. The quantitative estimate of drug-likeness (QED) is 0.707. The average molecular weight is 376 g/mol. The largest absolute Gasteiger partial charge is 0.490 e. The maximum Gasteiger partial charge on any atom is 0.194 e. The molecule has 28 heavy (non-hydrogen) atoms. The molecule has 0 spiro atoms. The number of ketones is 1. The fraction of sp³-hybridized carbons (Fsp3) is 0.304. The number of likely N-dealkylation sites (N-methyl/N-ethyl adjacent to an activating group) is 1. The molecule has 5 nitrogen and oxygen atoms in total. The van der Waals surface area contributed by atoms with Gasteiger partial charge in [0.2, 0.25) is 0 Å². The topological polar surface area (TPSA) is 62.6 Å². The third-order valence-electron chi connectivity index (χ3n) is 4.98. The molecule has 0 amide bonds. The predicted molar refractivity (Wildman–Crippen MR) is 109 cm³/mol. The Bertz CT molecular complexity index is 970. The highest BCUT2D eigenvalue weighted by Crippen LogP contribution is 2.46. The first-order chi connectivity index (χ1) is 13.4. The van der Waals surface area contributed by atoms with Gasteiger partial charge >= 0.3 is 0 Å². The molecule has 144 valence electrons. The van der Waals surface area contributed by atoms with Gasteiger partial charge in [-0.25, -0.2) is 0 Å². The zero-order valence-corrected chi connectivity index (χ0v) is 16.7. The van der Waals surface area contributed by atoms with Gasteiger partial charge in [-0.05, 0) is 30.7 Å². The van der Waals surface area contributed by atoms with E-state index in [1.807, 2.05) is 26.1 Å². The van der Waals surface area contributed by atoms with Crippen LogP contribution in [0.2, 0.25) is 0 Å². The van der Waals surface area contributed by atoms with Gasteiger partial charge in [0, 0.05) is 36.0 Å². The fourth-order valence-electron chi connectivity index (χ4n) is 3.57. The second kappa shape index (κ2) is 7.77. The van der Waals surface area contributed by atoms with Crippen molar-refractivity contribution in [2.45, 2.75) is 26.2 Å². The normalized spacial score (nSPS) is 15.8. The van der Waals surface area contributed by atoms with E-state index in [1.165, 1.54) is 5.56 Å². The van der Waals surface area contributed by atoms with Gasteiger partial charge in [-0.15, -0.1) is 0 Å². The number of benzene rings is 2. The number of rotatable bonds is 6. The molecule has 0 saturated carbocycles. The van der Waals surface area contributed by atoms with E-state index in [-0.39, 0.29) is 17.8 Å². The Kier molecular flexibility index (Phi) is 5.41. The van der Waals surface area contributed by atoms with E-state index in [9.17, 15) is 4.79 Å². The lowest BCUT2D eigenvalue weighted by Gasteiger charge is -2.24. The Morgan fingerprint density at radius 1 is 1.18 bits per heavy atom. The van der Waals surface area contributed by atoms with Crippen LogP contribution in [0.4, 0.5) is 5.69 Å². The van der Waals surface area contributed by atoms with Crippen molar-refractivity contribution in [1.29, 1.82) is 5.26 Å². The molecule has 1 heterocycles. The van der Waals surface area contributed by atoms with Crippen LogP contribution in [-0.2, 0) is 10.2 Å². The van der Waals surface area contributed by atoms with E-state index in [1.54, 1.807) is 24.3 Å². The highest BCUT2D eigenvalue weighted by Gasteiger charge is 2.38. The van der Waals surface area contributed by atoms with Crippen LogP contribution >= 0.6 is 0 Å². The maximum absolute atomic E-state index is 12.6. The van der Waals surface area contributed by atoms with Crippen LogP contribution in [0.5, 0.6) is 11.5 Å². The number of fused-ring (bicyclic) bond motifs is 1. The van der Waals surface area contributed by atoms with Crippen molar-refractivity contribution in [2.24, 2.45) is 0 Å². The van der Waals surface area contributed by atoms with E-state index < -0.39 is 0 Å². The third-order valence-corrected chi connectivity index (χ3v) is 4.98. The van der Waals surface area contributed by atoms with E-state index >= 15 is 0 Å². The minimum absolute atomic E-state index is 0.101. The Balaban J connectivity index is 1.77. The Morgan fingerprint density at radius 3 is 2.61 bits per heavy atom. The van der Waals surface area contributed by atoms with Gasteiger partial charge in [0.1, 0.15) is 0 Å². The lowest BCUT2D eigenvalue weighted by molar-refractivity contribution is -0.116. The molecule has 0 fully saturated rings. The molecule has 1 aliphatic rings. The van der Waals surface area contributed by atoms with Crippen molar-refractivity contribution in [3.8, 4) is 17.6 Å². The van der Waals surface area contributed by atoms with Gasteiger partial charge in [-0.1, -0.05) is 32.0 Å². The van der Waals surface area contributed by atoms with Crippen molar-refractivity contribution >= 4 is 11.5 Å². The number of para-hydroxylation sites is 1. The molecule has 5 heteroatoms. The highest BCUT2D eigenvalue weighted by molar-refractivity contribution is 5.93. The van der Waals surface area contributed by atoms with Crippen molar-refractivity contribution in [2.75, 3.05) is 25.2 Å². The van der Waals surface area contributed by atoms with Gasteiger partial charge in [0.05, 0.1) is 18.2 Å². The lowest BCUT2D eigenvalue weighted by atomic mass is 9.83. The third kappa shape index (κ3) is 3.59. The second-order valence-corrected chi connectivity index (χ2v) is 7.19. The molecule has 1 aliphatic heterocycles. The summed E-state index contributed by atoms with van der Waals surface area (Å²) in [4.78, 5) is 14.7. The SMILES string of the molecule is CCOc1cc(C#N)ccc1OCC(=O)/C=C1/N(C)c2ccccc2C1(C)C. The van der Waals surface area contributed by atoms with Crippen LogP contribution in [0.1, 0.15) is 31.9 Å². The summed E-state index contributed by atoms with van der Waals surface area (Å²) in [5.74, 6) is 0.789. The first kappa shape index (κ1) is 19.5. The summed E-state index contributed by atoms with van der Waals surface area (Å²) in [6.07, 6.45) is 1.66. The van der Waals surface area contributed by atoms with E-state index in [0.29, 0.717) is 23.7 Å². The molecule has 3 rings (SSSR count). The number of nitriles is 1. The summed E-state index contributed by atoms with van der Waals surface area (Å²) < 4.78 is 11.2. The summed E-state index contributed by atoms with van der Waals surface area (Å²) in [6.45, 7) is 6.43. The van der Waals surface area contributed by atoms with Crippen LogP contribution in [0.15, 0.2) is 54.2 Å². The van der Waals surface area contributed by atoms with Crippen molar-refractivity contribution in [3.63, 3.8) is 0 Å². The summed E-state index contributed by atoms with van der Waals surface area (Å²) in [5, 5.41) is 9.03. The molecular formula is C23H24N2O3. The molecule has 0 aromatic heterocycles. The summed E-state index contributed by atoms with van der Waals surface area (Å²) in [5.41, 5.74) is 3.47. The minimum Gasteiger partial charge on any atom is -0.490 e. The average Bonchev–Trinajstić information content (AvgIpc) is 2.88. The molecular weight excluding hydrogens is 352 g/mol. The number of hydrogen-bond acceptors (Lipinski definition) is 5. The van der Waals surface area contributed by atoms with Crippen molar-refractivity contribution < 1.29 is 14.3 Å². The molecule has 2 aromatic carbocycles. The smallest absolute Gasteiger partial charge is 0.194 e. The molecule has 0 atom stereocenters. The van der Waals surface area contributed by atoms with E-state index in [4.69, 9.17) is 14.7 Å². The Hall–Kier alpha value is -3.26. The van der Waals surface area contributed by atoms with Gasteiger partial charge in [0.15, 0.2) is 23.9 Å². The van der Waals surface area contributed by atoms with Gasteiger partial charge in [-0.3, -0.25) is 4.79 Å². The number of carbonyl (C=O) groups excluding carboxylic acids is 1. The van der Waals surface area contributed by atoms with E-state index in [2.05, 4.69) is 36.9 Å². The summed E-state index contributed by atoms with van der Waals surface area (Å²) in [6, 6.07) is 15.2. The molecule has 0 N–H and O–H groups in total. The molecule has 0 aliphatic carbocycles. The van der Waals surface area contributed by atoms with Gasteiger partial charge < -0.3 is 14.4 Å². The molecule has 0 saturated heterocycles. The predicted octanol–water partition coefficient (Wildman–Crippen LogP) is 4.22. The lowest BCUT2D eigenvalue weighted by Crippen LogP contribution is -2.25. The maximum atomic E-state index is 12.6. The molecule has 2 aromatic rings. The first-order valence-corrected chi connectivity index (χ1v) is 9.26.